The van der Waals surface area contributed by atoms with E-state index in [1.165, 1.54) is 0 Å². The van der Waals surface area contributed by atoms with Gasteiger partial charge in [-0.15, -0.1) is 22.8 Å². The second-order valence-corrected chi connectivity index (χ2v) is 21.9. The molecule has 429 valence electrons. The number of hydrogen-bond acceptors (Lipinski definition) is 8. The third-order valence-electron chi connectivity index (χ3n) is 16.1. The summed E-state index contributed by atoms with van der Waals surface area (Å²) in [5, 5.41) is 0. The van der Waals surface area contributed by atoms with Crippen LogP contribution in [-0.4, -0.2) is 44.5 Å². The molecule has 6 aromatic carbocycles. The molecule has 10 aromatic rings. The van der Waals surface area contributed by atoms with E-state index in [1.807, 2.05) is 158 Å². The first-order valence-electron chi connectivity index (χ1n) is 28.6. The zero-order valence-electron chi connectivity index (χ0n) is 48.6. The number of amidine groups is 2. The van der Waals surface area contributed by atoms with Gasteiger partial charge in [0.2, 0.25) is 0 Å². The Labute approximate surface area is 534 Å². The Balaban J connectivity index is 0.000000200. The number of benzene rings is 6. The molecule has 0 saturated carbocycles. The average molecular weight is 1370 g/mol. The Morgan fingerprint density at radius 2 is 0.636 bits per heavy atom. The van der Waals surface area contributed by atoms with E-state index in [4.69, 9.17) is 59.9 Å². The molecule has 4 aromatic heterocycles. The van der Waals surface area contributed by atoms with Crippen LogP contribution >= 0.6 is 0 Å². The van der Waals surface area contributed by atoms with Crippen molar-refractivity contribution in [1.29, 1.82) is 0 Å². The van der Waals surface area contributed by atoms with Crippen LogP contribution < -0.4 is 19.9 Å². The number of aryl methyl sites for hydroxylation is 2. The molecule has 6 aliphatic rings. The van der Waals surface area contributed by atoms with Gasteiger partial charge in [0.15, 0.2) is 11.7 Å². The van der Waals surface area contributed by atoms with Crippen LogP contribution in [0.25, 0.3) is 44.8 Å². The molecule has 0 unspecified atom stereocenters. The van der Waals surface area contributed by atoms with Crippen LogP contribution in [0.15, 0.2) is 270 Å². The SMILES string of the molecule is CC1=CC2=C(C)c3cc(C)c([n-]3)C3=NC(=C(C)c4cc(C)c([n-]4)C1=N2)C=C3C.[Cu+2].[Pt+2].c1ccc(C2=NC3=NC2=C(c2ccccc2)c2[n-]c(nc2-c2ccccc2)C2=NC(=C(c4ccccc4)c4[n-]c3nc4-c3ccccc3)C(c3ccccc3)=N2)cc1. The van der Waals surface area contributed by atoms with Crippen molar-refractivity contribution < 1.29 is 38.1 Å². The fraction of sp³-hybridized carbons (Fsp3) is 0.0811. The van der Waals surface area contributed by atoms with Crippen LogP contribution in [0.3, 0.4) is 0 Å². The fourth-order valence-electron chi connectivity index (χ4n) is 11.7. The molecular weight excluding hydrogens is 1320 g/mol. The maximum Gasteiger partial charge on any atom is 2.00 e. The zero-order valence-corrected chi connectivity index (χ0v) is 51.8. The Morgan fingerprint density at radius 3 is 0.977 bits per heavy atom. The predicted octanol–water partition coefficient (Wildman–Crippen LogP) is 14.3. The third-order valence-corrected chi connectivity index (χ3v) is 16.1. The van der Waals surface area contributed by atoms with E-state index in [0.717, 1.165) is 124 Å². The Hall–Kier alpha value is -10.0. The number of nitrogens with zero attached hydrogens (tertiary/aromatic N) is 12. The molecule has 16 bridgehead atoms. The molecule has 0 fully saturated rings. The summed E-state index contributed by atoms with van der Waals surface area (Å²) in [4.78, 5) is 62.4. The Morgan fingerprint density at radius 1 is 0.318 bits per heavy atom. The maximum atomic E-state index is 5.38. The van der Waals surface area contributed by atoms with Crippen LogP contribution in [0.5, 0.6) is 0 Å². The van der Waals surface area contributed by atoms with Crippen molar-refractivity contribution in [3.05, 3.63) is 319 Å². The molecular formula is C74H52CuN12Pt. The van der Waals surface area contributed by atoms with E-state index < -0.39 is 0 Å². The first-order chi connectivity index (χ1) is 42.1. The Bertz CT molecular complexity index is 4550. The van der Waals surface area contributed by atoms with Crippen molar-refractivity contribution in [2.75, 3.05) is 0 Å². The van der Waals surface area contributed by atoms with Crippen molar-refractivity contribution in [2.24, 2.45) is 30.0 Å². The minimum absolute atomic E-state index is 0. The molecule has 0 amide bonds. The van der Waals surface area contributed by atoms with Crippen molar-refractivity contribution >= 4 is 56.8 Å². The molecule has 6 aliphatic heterocycles. The van der Waals surface area contributed by atoms with E-state index in [2.05, 4.69) is 90.1 Å². The van der Waals surface area contributed by atoms with Gasteiger partial charge in [0.25, 0.3) is 0 Å². The van der Waals surface area contributed by atoms with Gasteiger partial charge in [-0.1, -0.05) is 205 Å². The van der Waals surface area contributed by atoms with Gasteiger partial charge in [0.1, 0.15) is 0 Å². The summed E-state index contributed by atoms with van der Waals surface area (Å²) in [5.41, 5.74) is 26.7. The average Bonchev–Trinajstić information content (AvgIpc) is 3.74. The fourth-order valence-corrected chi connectivity index (χ4v) is 11.7. The van der Waals surface area contributed by atoms with Crippen molar-refractivity contribution in [3.8, 4) is 22.5 Å². The summed E-state index contributed by atoms with van der Waals surface area (Å²) < 4.78 is 0. The summed E-state index contributed by atoms with van der Waals surface area (Å²) in [6.45, 7) is 12.6. The van der Waals surface area contributed by atoms with Gasteiger partial charge in [0, 0.05) is 22.3 Å². The van der Waals surface area contributed by atoms with Crippen LogP contribution in [0, 0.1) is 13.8 Å². The normalized spacial score (nSPS) is 15.3. The molecule has 0 aliphatic carbocycles. The van der Waals surface area contributed by atoms with Crippen LogP contribution in [-0.2, 0) is 38.1 Å². The number of fused-ring (bicyclic) bond motifs is 16. The van der Waals surface area contributed by atoms with Gasteiger partial charge in [-0.05, 0) is 133 Å². The number of rotatable bonds is 6. The molecule has 88 heavy (non-hydrogen) atoms. The number of allylic oxidation sites excluding steroid dienone is 8. The minimum Gasteiger partial charge on any atom is -0.656 e. The van der Waals surface area contributed by atoms with Crippen LogP contribution in [0.1, 0.15) is 107 Å². The molecule has 0 atom stereocenters. The Kier molecular flexibility index (Phi) is 15.1. The quantitative estimate of drug-likeness (QED) is 0.151. The van der Waals surface area contributed by atoms with Gasteiger partial charge < -0.3 is 29.9 Å². The zero-order chi connectivity index (χ0) is 58.2. The summed E-state index contributed by atoms with van der Waals surface area (Å²) in [7, 11) is 0. The van der Waals surface area contributed by atoms with E-state index in [1.54, 1.807) is 0 Å². The molecule has 0 N–H and O–H groups in total. The van der Waals surface area contributed by atoms with Gasteiger partial charge in [-0.25, -0.2) is 30.0 Å². The van der Waals surface area contributed by atoms with Gasteiger partial charge in [0.05, 0.1) is 45.6 Å². The number of imidazole rings is 2. The summed E-state index contributed by atoms with van der Waals surface area (Å²) in [5.74, 6) is 1.59. The molecule has 16 rings (SSSR count). The predicted molar refractivity (Wildman–Crippen MR) is 345 cm³/mol. The van der Waals surface area contributed by atoms with Gasteiger partial charge in [-0.2, -0.15) is 0 Å². The van der Waals surface area contributed by atoms with E-state index in [-0.39, 0.29) is 38.1 Å². The number of hydrogen-bond donors (Lipinski definition) is 0. The first kappa shape index (κ1) is 57.1. The molecule has 10 heterocycles. The van der Waals surface area contributed by atoms with E-state index in [9.17, 15) is 0 Å². The summed E-state index contributed by atoms with van der Waals surface area (Å²) >= 11 is 0. The molecule has 12 nitrogen and oxygen atoms in total. The standard InChI is InChI=1S/C50H30N8.C24H22N4.Cu.Pt/c1-7-19-31(20-8-1)37-43-39(33-23-11-3-12-24-33)51-47(55-43)49-53-41(35-27-15-5-16-28-35)45(57-49)38(32-21-9-2-10-22-32)46-42(36-29-17-6-18-30-36)54-50(58-46)48-52-40(44(37)56-48)34-25-13-4-14-26-34;1-11-7-17-15(5)18-9-13(3)23(27-18)24-14(4)10-20(28-24)16(6)19-8-12(2)22(26-19)21(11)25-17;;/h1-30H;7-10H,1-6H3;;/q2*-2;2*+2. The monoisotopic (exact) mass is 1370 g/mol. The molecule has 0 spiro atoms. The van der Waals surface area contributed by atoms with Crippen LogP contribution in [0.4, 0.5) is 0 Å². The van der Waals surface area contributed by atoms with Crippen molar-refractivity contribution in [1.82, 2.24) is 29.9 Å². The molecule has 1 radical (unpaired) electrons. The smallest absolute Gasteiger partial charge is 0.656 e. The molecule has 14 heteroatoms. The topological polar surface area (TPSA) is 156 Å². The number of aliphatic imine (C=N–C) groups is 6. The summed E-state index contributed by atoms with van der Waals surface area (Å²) in [6, 6.07) is 65.1. The maximum absolute atomic E-state index is 5.38. The minimum atomic E-state index is 0. The first-order valence-corrected chi connectivity index (χ1v) is 28.6. The second kappa shape index (κ2) is 23.3. The number of aromatic nitrogens is 6. The van der Waals surface area contributed by atoms with Crippen molar-refractivity contribution in [3.63, 3.8) is 0 Å². The van der Waals surface area contributed by atoms with Crippen molar-refractivity contribution in [2.45, 2.75) is 41.5 Å². The van der Waals surface area contributed by atoms with E-state index in [0.29, 0.717) is 68.9 Å². The summed E-state index contributed by atoms with van der Waals surface area (Å²) in [6.07, 6.45) is 4.28. The third kappa shape index (κ3) is 10.1. The molecule has 0 saturated heterocycles. The van der Waals surface area contributed by atoms with E-state index >= 15 is 0 Å². The van der Waals surface area contributed by atoms with Gasteiger partial charge >= 0.3 is 38.1 Å². The van der Waals surface area contributed by atoms with Crippen LogP contribution in [0.2, 0.25) is 0 Å². The second-order valence-electron chi connectivity index (χ2n) is 21.9. The van der Waals surface area contributed by atoms with Gasteiger partial charge in [-0.3, -0.25) is 0 Å². The largest absolute Gasteiger partial charge is 2.00 e.